The highest BCUT2D eigenvalue weighted by atomic mass is 16.7. The van der Waals surface area contributed by atoms with Crippen molar-refractivity contribution in [2.75, 3.05) is 11.7 Å². The second-order valence-electron chi connectivity index (χ2n) is 4.71. The fourth-order valence-electron chi connectivity index (χ4n) is 2.30. The van der Waals surface area contributed by atoms with Crippen molar-refractivity contribution in [1.82, 2.24) is 0 Å². The van der Waals surface area contributed by atoms with E-state index in [1.807, 2.05) is 0 Å². The maximum atomic E-state index is 11.6. The molecule has 2 fully saturated rings. The first kappa shape index (κ1) is 11.2. The van der Waals surface area contributed by atoms with Crippen LogP contribution >= 0.6 is 0 Å². The van der Waals surface area contributed by atoms with Crippen molar-refractivity contribution in [2.45, 2.75) is 24.7 Å². The summed E-state index contributed by atoms with van der Waals surface area (Å²) < 4.78 is 0. The van der Waals surface area contributed by atoms with Gasteiger partial charge in [0.1, 0.15) is 0 Å². The number of carboxylic acids is 1. The number of rotatable bonds is 3. The molecule has 0 bridgehead atoms. The van der Waals surface area contributed by atoms with Gasteiger partial charge in [-0.1, -0.05) is 12.1 Å². The van der Waals surface area contributed by atoms with E-state index in [9.17, 15) is 14.7 Å². The second-order valence-corrected chi connectivity index (χ2v) is 4.71. The Balaban J connectivity index is 1.95. The van der Waals surface area contributed by atoms with Crippen LogP contribution in [0.3, 0.4) is 0 Å². The van der Waals surface area contributed by atoms with Gasteiger partial charge in [0, 0.05) is 0 Å². The number of aliphatic carboxylic acids is 1. The Morgan fingerprint density at radius 3 is 2.72 bits per heavy atom. The summed E-state index contributed by atoms with van der Waals surface area (Å²) in [6.45, 7) is 0.382. The fraction of sp³-hybridized carbons (Fsp3) is 0.385. The van der Waals surface area contributed by atoms with E-state index in [4.69, 9.17) is 4.84 Å². The van der Waals surface area contributed by atoms with E-state index in [0.717, 1.165) is 5.56 Å². The van der Waals surface area contributed by atoms with E-state index < -0.39 is 11.4 Å². The molecular formula is C13H13NO4. The maximum Gasteiger partial charge on any atom is 0.314 e. The maximum absolute atomic E-state index is 11.6. The van der Waals surface area contributed by atoms with E-state index in [-0.39, 0.29) is 5.91 Å². The zero-order valence-corrected chi connectivity index (χ0v) is 9.76. The molecule has 1 amide bonds. The van der Waals surface area contributed by atoms with Gasteiger partial charge in [0.05, 0.1) is 24.1 Å². The quantitative estimate of drug-likeness (QED) is 0.878. The molecule has 1 heterocycles. The van der Waals surface area contributed by atoms with Crippen LogP contribution in [0.4, 0.5) is 5.69 Å². The number of hydroxylamine groups is 1. The molecule has 0 aromatic heterocycles. The van der Waals surface area contributed by atoms with Crippen LogP contribution in [0.15, 0.2) is 24.3 Å². The summed E-state index contributed by atoms with van der Waals surface area (Å²) in [6.07, 6.45) is 1.68. The van der Waals surface area contributed by atoms with Gasteiger partial charge in [0.2, 0.25) is 0 Å². The lowest BCUT2D eigenvalue weighted by molar-refractivity contribution is -0.140. The average molecular weight is 247 g/mol. The first-order chi connectivity index (χ1) is 8.63. The molecule has 1 N–H and O–H groups in total. The zero-order chi connectivity index (χ0) is 12.8. The molecule has 1 aromatic rings. The van der Waals surface area contributed by atoms with Crippen LogP contribution < -0.4 is 5.06 Å². The smallest absolute Gasteiger partial charge is 0.314 e. The van der Waals surface area contributed by atoms with Gasteiger partial charge in [-0.2, -0.15) is 5.06 Å². The minimum Gasteiger partial charge on any atom is -0.481 e. The van der Waals surface area contributed by atoms with Crippen LogP contribution in [0, 0.1) is 0 Å². The van der Waals surface area contributed by atoms with Crippen molar-refractivity contribution in [3.05, 3.63) is 29.8 Å². The van der Waals surface area contributed by atoms with Crippen molar-refractivity contribution in [1.29, 1.82) is 0 Å². The fourth-order valence-corrected chi connectivity index (χ4v) is 2.30. The first-order valence-corrected chi connectivity index (χ1v) is 5.93. The molecule has 0 unspecified atom stereocenters. The molecule has 0 spiro atoms. The normalized spacial score (nSPS) is 21.1. The Labute approximate surface area is 104 Å². The molecule has 3 rings (SSSR count). The van der Waals surface area contributed by atoms with Crippen LogP contribution in [0.2, 0.25) is 0 Å². The zero-order valence-electron chi connectivity index (χ0n) is 9.76. The molecule has 5 nitrogen and oxygen atoms in total. The summed E-state index contributed by atoms with van der Waals surface area (Å²) in [5.74, 6) is -0.888. The number of hydrogen-bond acceptors (Lipinski definition) is 3. The molecule has 0 atom stereocenters. The molecule has 18 heavy (non-hydrogen) atoms. The molecular weight excluding hydrogens is 234 g/mol. The Morgan fingerprint density at radius 2 is 2.17 bits per heavy atom. The number of carbonyl (C=O) groups is 2. The number of hydrogen-bond donors (Lipinski definition) is 1. The number of amides is 1. The number of carbonyl (C=O) groups excluding carboxylic acids is 1. The van der Waals surface area contributed by atoms with Crippen molar-refractivity contribution < 1.29 is 19.5 Å². The predicted octanol–water partition coefficient (Wildman–Crippen LogP) is 1.47. The van der Waals surface area contributed by atoms with Crippen molar-refractivity contribution in [3.8, 4) is 0 Å². The minimum atomic E-state index is -0.798. The number of anilines is 1. The molecule has 1 aliphatic heterocycles. The van der Waals surface area contributed by atoms with E-state index in [2.05, 4.69) is 0 Å². The topological polar surface area (TPSA) is 66.8 Å². The summed E-state index contributed by atoms with van der Waals surface area (Å²) in [5, 5.41) is 10.5. The Kier molecular flexibility index (Phi) is 2.38. The summed E-state index contributed by atoms with van der Waals surface area (Å²) >= 11 is 0. The predicted molar refractivity (Wildman–Crippen MR) is 63.0 cm³/mol. The van der Waals surface area contributed by atoms with E-state index in [1.54, 1.807) is 24.3 Å². The van der Waals surface area contributed by atoms with Gasteiger partial charge < -0.3 is 5.11 Å². The molecule has 5 heteroatoms. The van der Waals surface area contributed by atoms with E-state index in [1.165, 1.54) is 5.06 Å². The molecule has 1 aromatic carbocycles. The lowest BCUT2D eigenvalue weighted by Gasteiger charge is -2.17. The average Bonchev–Trinajstić information content (AvgIpc) is 3.07. The van der Waals surface area contributed by atoms with E-state index in [0.29, 0.717) is 31.6 Å². The van der Waals surface area contributed by atoms with Crippen LogP contribution in [0.25, 0.3) is 0 Å². The highest BCUT2D eigenvalue weighted by molar-refractivity contribution is 5.93. The number of benzene rings is 1. The SMILES string of the molecule is O=C1CCON1c1cccc(C2(C(=O)O)CC2)c1. The van der Waals surface area contributed by atoms with Gasteiger partial charge in [-0.25, -0.2) is 0 Å². The van der Waals surface area contributed by atoms with Gasteiger partial charge in [-0.05, 0) is 30.5 Å². The van der Waals surface area contributed by atoms with Gasteiger partial charge in [0.25, 0.3) is 5.91 Å². The third kappa shape index (κ3) is 1.59. The van der Waals surface area contributed by atoms with Crippen LogP contribution in [-0.2, 0) is 19.8 Å². The van der Waals surface area contributed by atoms with E-state index >= 15 is 0 Å². The molecule has 1 aliphatic carbocycles. The Morgan fingerprint density at radius 1 is 1.39 bits per heavy atom. The second kappa shape index (κ2) is 3.81. The third-order valence-electron chi connectivity index (χ3n) is 3.56. The van der Waals surface area contributed by atoms with Crippen molar-refractivity contribution >= 4 is 17.6 Å². The first-order valence-electron chi connectivity index (χ1n) is 5.93. The van der Waals surface area contributed by atoms with Gasteiger partial charge in [-0.3, -0.25) is 14.4 Å². The monoisotopic (exact) mass is 247 g/mol. The Hall–Kier alpha value is -1.88. The molecule has 94 valence electrons. The number of carboxylic acid groups (broad SMARTS) is 1. The largest absolute Gasteiger partial charge is 0.481 e. The van der Waals surface area contributed by atoms with Gasteiger partial charge >= 0.3 is 5.97 Å². The van der Waals surface area contributed by atoms with Crippen LogP contribution in [0.5, 0.6) is 0 Å². The van der Waals surface area contributed by atoms with Crippen LogP contribution in [0.1, 0.15) is 24.8 Å². The molecule has 2 aliphatic rings. The molecule has 1 saturated carbocycles. The minimum absolute atomic E-state index is 0.0904. The van der Waals surface area contributed by atoms with Crippen LogP contribution in [-0.4, -0.2) is 23.6 Å². The summed E-state index contributed by atoms with van der Waals surface area (Å²) in [5.41, 5.74) is 0.608. The Bertz CT molecular complexity index is 521. The molecule has 0 radical (unpaired) electrons. The van der Waals surface area contributed by atoms with Gasteiger partial charge in [0.15, 0.2) is 0 Å². The summed E-state index contributed by atoms with van der Waals surface area (Å²) in [7, 11) is 0. The highest BCUT2D eigenvalue weighted by Gasteiger charge is 2.51. The number of nitrogens with zero attached hydrogens (tertiary/aromatic N) is 1. The third-order valence-corrected chi connectivity index (χ3v) is 3.56. The van der Waals surface area contributed by atoms with Crippen molar-refractivity contribution in [2.24, 2.45) is 0 Å². The summed E-state index contributed by atoms with van der Waals surface area (Å²) in [6, 6.07) is 7.06. The lowest BCUT2D eigenvalue weighted by Crippen LogP contribution is -2.24. The van der Waals surface area contributed by atoms with Gasteiger partial charge in [-0.15, -0.1) is 0 Å². The molecule has 1 saturated heterocycles. The lowest BCUT2D eigenvalue weighted by atomic mass is 9.96. The standard InChI is InChI=1S/C13H13NO4/c15-11-4-7-18-14(11)10-3-1-2-9(8-10)13(5-6-13)12(16)17/h1-3,8H,4-7H2,(H,16,17). The highest BCUT2D eigenvalue weighted by Crippen LogP contribution is 2.49. The summed E-state index contributed by atoms with van der Waals surface area (Å²) in [4.78, 5) is 28.1. The van der Waals surface area contributed by atoms with Crippen molar-refractivity contribution in [3.63, 3.8) is 0 Å².